The normalized spacial score (nSPS) is 16.3. The molecule has 1 aliphatic rings. The Morgan fingerprint density at radius 1 is 1.11 bits per heavy atom. The number of hydrogen-bond donors (Lipinski definition) is 2. The molecule has 0 spiro atoms. The lowest BCUT2D eigenvalue weighted by Crippen LogP contribution is -2.40. The molecule has 140 valence electrons. The lowest BCUT2D eigenvalue weighted by Gasteiger charge is -2.17. The zero-order chi connectivity index (χ0) is 19.2. The Balaban J connectivity index is 1.49. The molecule has 1 atom stereocenters. The Hall–Kier alpha value is -3.15. The Morgan fingerprint density at radius 3 is 2.63 bits per heavy atom. The minimum absolute atomic E-state index is 0.0507. The Morgan fingerprint density at radius 2 is 1.89 bits per heavy atom. The summed E-state index contributed by atoms with van der Waals surface area (Å²) in [5.74, 6) is -0.00989. The number of carbonyl (C=O) groups excluding carboxylic acids is 3. The number of rotatable bonds is 6. The standard InChI is InChI=1S/C21H23N3O3/c1-15(25)17-8-5-9-18(12-17)22-21(27)23-19-13-20(26)24(14-19)11-10-16-6-3-2-4-7-16/h2-9,12,19H,10-11,13-14H2,1H3,(H2,22,23,27). The number of benzene rings is 2. The molecule has 1 fully saturated rings. The van der Waals surface area contributed by atoms with E-state index in [2.05, 4.69) is 10.6 Å². The van der Waals surface area contributed by atoms with E-state index in [1.165, 1.54) is 12.5 Å². The van der Waals surface area contributed by atoms with Crippen molar-refractivity contribution in [3.8, 4) is 0 Å². The summed E-state index contributed by atoms with van der Waals surface area (Å²) in [7, 11) is 0. The number of Topliss-reactive ketones (excluding diaryl/α,β-unsaturated/α-hetero) is 1. The van der Waals surface area contributed by atoms with E-state index in [0.717, 1.165) is 6.42 Å². The SMILES string of the molecule is CC(=O)c1cccc(NC(=O)NC2CC(=O)N(CCc3ccccc3)C2)c1. The number of likely N-dealkylation sites (tertiary alicyclic amines) is 1. The lowest BCUT2D eigenvalue weighted by molar-refractivity contribution is -0.127. The van der Waals surface area contributed by atoms with E-state index in [1.807, 2.05) is 30.3 Å². The molecule has 6 heteroatoms. The van der Waals surface area contributed by atoms with Crippen LogP contribution in [0, 0.1) is 0 Å². The largest absolute Gasteiger partial charge is 0.340 e. The van der Waals surface area contributed by atoms with E-state index >= 15 is 0 Å². The highest BCUT2D eigenvalue weighted by Crippen LogP contribution is 2.14. The van der Waals surface area contributed by atoms with E-state index in [1.54, 1.807) is 29.2 Å². The molecular formula is C21H23N3O3. The van der Waals surface area contributed by atoms with Crippen molar-refractivity contribution in [2.45, 2.75) is 25.8 Å². The zero-order valence-electron chi connectivity index (χ0n) is 15.3. The highest BCUT2D eigenvalue weighted by atomic mass is 16.2. The van der Waals surface area contributed by atoms with Gasteiger partial charge in [0.25, 0.3) is 0 Å². The Labute approximate surface area is 158 Å². The molecule has 2 aromatic rings. The van der Waals surface area contributed by atoms with Crippen LogP contribution in [0.4, 0.5) is 10.5 Å². The summed E-state index contributed by atoms with van der Waals surface area (Å²) in [6.07, 6.45) is 1.10. The number of nitrogens with one attached hydrogen (secondary N) is 2. The van der Waals surface area contributed by atoms with Crippen LogP contribution >= 0.6 is 0 Å². The van der Waals surface area contributed by atoms with Gasteiger partial charge >= 0.3 is 6.03 Å². The van der Waals surface area contributed by atoms with Crippen LogP contribution < -0.4 is 10.6 Å². The van der Waals surface area contributed by atoms with Crippen molar-refractivity contribution in [3.63, 3.8) is 0 Å². The van der Waals surface area contributed by atoms with Crippen LogP contribution in [0.25, 0.3) is 0 Å². The van der Waals surface area contributed by atoms with Gasteiger partial charge in [0.1, 0.15) is 0 Å². The molecular weight excluding hydrogens is 342 g/mol. The molecule has 0 bridgehead atoms. The molecule has 1 saturated heterocycles. The molecule has 3 amide bonds. The average Bonchev–Trinajstić information content (AvgIpc) is 3.00. The number of nitrogens with zero attached hydrogens (tertiary/aromatic N) is 1. The maximum absolute atomic E-state index is 12.2. The van der Waals surface area contributed by atoms with Gasteiger partial charge in [-0.05, 0) is 31.0 Å². The smallest absolute Gasteiger partial charge is 0.319 e. The molecule has 0 radical (unpaired) electrons. The molecule has 0 saturated carbocycles. The minimum atomic E-state index is -0.376. The first-order valence-electron chi connectivity index (χ1n) is 9.01. The van der Waals surface area contributed by atoms with Gasteiger partial charge in [0.2, 0.25) is 5.91 Å². The highest BCUT2D eigenvalue weighted by molar-refractivity contribution is 5.97. The first kappa shape index (κ1) is 18.6. The average molecular weight is 365 g/mol. The lowest BCUT2D eigenvalue weighted by atomic mass is 10.1. The van der Waals surface area contributed by atoms with Gasteiger partial charge in [0, 0.05) is 30.8 Å². The van der Waals surface area contributed by atoms with Crippen molar-refractivity contribution in [2.75, 3.05) is 18.4 Å². The zero-order valence-corrected chi connectivity index (χ0v) is 15.3. The van der Waals surface area contributed by atoms with Crippen molar-refractivity contribution in [1.82, 2.24) is 10.2 Å². The molecule has 2 aromatic carbocycles. The van der Waals surface area contributed by atoms with Crippen molar-refractivity contribution in [3.05, 3.63) is 65.7 Å². The number of hydrogen-bond acceptors (Lipinski definition) is 3. The molecule has 6 nitrogen and oxygen atoms in total. The van der Waals surface area contributed by atoms with Gasteiger partial charge in [-0.3, -0.25) is 9.59 Å². The second-order valence-electron chi connectivity index (χ2n) is 6.71. The third-order valence-corrected chi connectivity index (χ3v) is 4.59. The summed E-state index contributed by atoms with van der Waals surface area (Å²) in [6.45, 7) is 2.63. The summed E-state index contributed by atoms with van der Waals surface area (Å²) in [5, 5.41) is 5.56. The highest BCUT2D eigenvalue weighted by Gasteiger charge is 2.30. The number of carbonyl (C=O) groups is 3. The third kappa shape index (κ3) is 5.17. The summed E-state index contributed by atoms with van der Waals surface area (Å²) in [4.78, 5) is 37.6. The Bertz CT molecular complexity index is 836. The van der Waals surface area contributed by atoms with Crippen molar-refractivity contribution >= 4 is 23.4 Å². The monoisotopic (exact) mass is 365 g/mol. The van der Waals surface area contributed by atoms with Gasteiger partial charge in [0.15, 0.2) is 5.78 Å². The van der Waals surface area contributed by atoms with E-state index in [4.69, 9.17) is 0 Å². The van der Waals surface area contributed by atoms with Gasteiger partial charge < -0.3 is 15.5 Å². The maximum atomic E-state index is 12.2. The fourth-order valence-corrected chi connectivity index (χ4v) is 3.16. The molecule has 3 rings (SSSR count). The summed E-state index contributed by atoms with van der Waals surface area (Å²) >= 11 is 0. The van der Waals surface area contributed by atoms with E-state index < -0.39 is 0 Å². The molecule has 1 heterocycles. The number of anilines is 1. The van der Waals surface area contributed by atoms with Gasteiger partial charge in [-0.15, -0.1) is 0 Å². The first-order valence-corrected chi connectivity index (χ1v) is 9.01. The van der Waals surface area contributed by atoms with Crippen molar-refractivity contribution < 1.29 is 14.4 Å². The van der Waals surface area contributed by atoms with Crippen LogP contribution in [-0.2, 0) is 11.2 Å². The predicted octanol–water partition coefficient (Wildman–Crippen LogP) is 2.85. The topological polar surface area (TPSA) is 78.5 Å². The quantitative estimate of drug-likeness (QED) is 0.773. The van der Waals surface area contributed by atoms with E-state index in [-0.39, 0.29) is 23.8 Å². The molecule has 0 aliphatic carbocycles. The number of ketones is 1. The molecule has 2 N–H and O–H groups in total. The summed E-state index contributed by atoms with van der Waals surface area (Å²) in [5.41, 5.74) is 2.27. The predicted molar refractivity (Wildman–Crippen MR) is 104 cm³/mol. The summed E-state index contributed by atoms with van der Waals surface area (Å²) < 4.78 is 0. The van der Waals surface area contributed by atoms with Crippen molar-refractivity contribution in [1.29, 1.82) is 0 Å². The van der Waals surface area contributed by atoms with E-state index in [9.17, 15) is 14.4 Å². The molecule has 1 aliphatic heterocycles. The minimum Gasteiger partial charge on any atom is -0.340 e. The van der Waals surface area contributed by atoms with Crippen LogP contribution in [0.5, 0.6) is 0 Å². The van der Waals surface area contributed by atoms with Crippen molar-refractivity contribution in [2.24, 2.45) is 0 Å². The van der Waals surface area contributed by atoms with Crippen LogP contribution in [0.3, 0.4) is 0 Å². The fourth-order valence-electron chi connectivity index (χ4n) is 3.16. The molecule has 0 aromatic heterocycles. The number of amides is 3. The van der Waals surface area contributed by atoms with Crippen LogP contribution in [0.1, 0.15) is 29.3 Å². The van der Waals surface area contributed by atoms with Gasteiger partial charge in [0.05, 0.1) is 6.04 Å². The van der Waals surface area contributed by atoms with E-state index in [0.29, 0.717) is 30.8 Å². The number of urea groups is 1. The maximum Gasteiger partial charge on any atom is 0.319 e. The third-order valence-electron chi connectivity index (χ3n) is 4.59. The van der Waals surface area contributed by atoms with Crippen LogP contribution in [0.2, 0.25) is 0 Å². The summed E-state index contributed by atoms with van der Waals surface area (Å²) in [6, 6.07) is 16.2. The van der Waals surface area contributed by atoms with Gasteiger partial charge in [-0.25, -0.2) is 4.79 Å². The second kappa shape index (κ2) is 8.49. The first-order chi connectivity index (χ1) is 13.0. The van der Waals surface area contributed by atoms with Gasteiger partial charge in [-0.1, -0.05) is 42.5 Å². The van der Waals surface area contributed by atoms with Crippen LogP contribution in [-0.4, -0.2) is 41.8 Å². The molecule has 1 unspecified atom stereocenters. The fraction of sp³-hybridized carbons (Fsp3) is 0.286. The van der Waals surface area contributed by atoms with Gasteiger partial charge in [-0.2, -0.15) is 0 Å². The molecule has 27 heavy (non-hydrogen) atoms. The second-order valence-corrected chi connectivity index (χ2v) is 6.71. The van der Waals surface area contributed by atoms with Crippen LogP contribution in [0.15, 0.2) is 54.6 Å². The Kier molecular flexibility index (Phi) is 5.86.